The van der Waals surface area contributed by atoms with Crippen LogP contribution in [-0.4, -0.2) is 52.2 Å². The Kier molecular flexibility index (Phi) is 8.37. The predicted molar refractivity (Wildman–Crippen MR) is 140 cm³/mol. The van der Waals surface area contributed by atoms with Gasteiger partial charge in [0.1, 0.15) is 48.8 Å². The van der Waals surface area contributed by atoms with Crippen LogP contribution in [0.3, 0.4) is 0 Å². The van der Waals surface area contributed by atoms with Crippen LogP contribution in [0, 0.1) is 5.82 Å². The SMILES string of the molecule is C[C@H](CN(C)C(=O)CO)Oc1cccc2ncnc(Nc3ccc(OCc4cccc(F)c4)c(Cl)c3)c12. The number of hydrogen-bond acceptors (Lipinski definition) is 7. The van der Waals surface area contributed by atoms with E-state index in [0.717, 1.165) is 0 Å². The van der Waals surface area contributed by atoms with Crippen molar-refractivity contribution in [3.05, 3.63) is 83.4 Å². The highest BCUT2D eigenvalue weighted by atomic mass is 35.5. The van der Waals surface area contributed by atoms with Gasteiger partial charge in [-0.05, 0) is 55.0 Å². The predicted octanol–water partition coefficient (Wildman–Crippen LogP) is 4.96. The van der Waals surface area contributed by atoms with E-state index in [0.29, 0.717) is 51.0 Å². The number of likely N-dealkylation sites (N-methyl/N-ethyl adjacent to an activating group) is 1. The lowest BCUT2D eigenvalue weighted by Crippen LogP contribution is -2.37. The molecular weight excluding hydrogens is 499 g/mol. The Labute approximate surface area is 218 Å². The number of hydrogen-bond donors (Lipinski definition) is 2. The van der Waals surface area contributed by atoms with Crippen molar-refractivity contribution in [2.75, 3.05) is 25.5 Å². The van der Waals surface area contributed by atoms with E-state index in [9.17, 15) is 9.18 Å². The zero-order chi connectivity index (χ0) is 26.4. The van der Waals surface area contributed by atoms with Crippen LogP contribution in [0.25, 0.3) is 10.9 Å². The summed E-state index contributed by atoms with van der Waals surface area (Å²) in [7, 11) is 1.60. The first kappa shape index (κ1) is 26.1. The summed E-state index contributed by atoms with van der Waals surface area (Å²) in [5.41, 5.74) is 2.03. The fourth-order valence-electron chi connectivity index (χ4n) is 3.75. The quantitative estimate of drug-likeness (QED) is 0.302. The first-order chi connectivity index (χ1) is 17.8. The average molecular weight is 525 g/mol. The standard InChI is InChI=1S/C27H26ClFN4O4/c1-17(13-33(2)25(35)14-34)37-24-8-4-7-22-26(24)27(31-16-30-22)32-20-9-10-23(21(28)12-20)36-15-18-5-3-6-19(29)11-18/h3-12,16-17,34H,13-15H2,1-2H3,(H,30,31,32)/t17-/m1/s1. The number of fused-ring (bicyclic) bond motifs is 1. The Morgan fingerprint density at radius 3 is 2.70 bits per heavy atom. The first-order valence-corrected chi connectivity index (χ1v) is 11.9. The molecule has 1 aromatic heterocycles. The van der Waals surface area contributed by atoms with Crippen molar-refractivity contribution in [3.63, 3.8) is 0 Å². The van der Waals surface area contributed by atoms with Crippen LogP contribution in [0.5, 0.6) is 11.5 Å². The van der Waals surface area contributed by atoms with E-state index in [1.165, 1.54) is 23.4 Å². The fourth-order valence-corrected chi connectivity index (χ4v) is 3.99. The summed E-state index contributed by atoms with van der Waals surface area (Å²) < 4.78 is 25.3. The molecule has 10 heteroatoms. The van der Waals surface area contributed by atoms with Gasteiger partial charge in [-0.1, -0.05) is 29.8 Å². The molecular formula is C27H26ClFN4O4. The summed E-state index contributed by atoms with van der Waals surface area (Å²) in [5, 5.41) is 13.4. The zero-order valence-corrected chi connectivity index (χ0v) is 21.1. The van der Waals surface area contributed by atoms with Crippen LogP contribution in [-0.2, 0) is 11.4 Å². The minimum absolute atomic E-state index is 0.179. The molecule has 2 N–H and O–H groups in total. The van der Waals surface area contributed by atoms with Gasteiger partial charge in [0.15, 0.2) is 0 Å². The van der Waals surface area contributed by atoms with E-state index < -0.39 is 6.61 Å². The topological polar surface area (TPSA) is 96.8 Å². The molecule has 0 bridgehead atoms. The highest BCUT2D eigenvalue weighted by Gasteiger charge is 2.16. The molecule has 0 aliphatic carbocycles. The van der Waals surface area contributed by atoms with E-state index in [1.54, 1.807) is 43.4 Å². The third kappa shape index (κ3) is 6.63. The van der Waals surface area contributed by atoms with Gasteiger partial charge in [0.2, 0.25) is 5.91 Å². The molecule has 3 aromatic carbocycles. The molecule has 0 fully saturated rings. The van der Waals surface area contributed by atoms with Gasteiger partial charge >= 0.3 is 0 Å². The number of amides is 1. The minimum atomic E-state index is -0.559. The van der Waals surface area contributed by atoms with Gasteiger partial charge in [0.25, 0.3) is 0 Å². The Morgan fingerprint density at radius 2 is 1.95 bits per heavy atom. The molecule has 8 nitrogen and oxygen atoms in total. The summed E-state index contributed by atoms with van der Waals surface area (Å²) in [6.07, 6.45) is 1.09. The molecule has 192 valence electrons. The zero-order valence-electron chi connectivity index (χ0n) is 20.3. The fraction of sp³-hybridized carbons (Fsp3) is 0.222. The van der Waals surface area contributed by atoms with Crippen molar-refractivity contribution in [2.45, 2.75) is 19.6 Å². The van der Waals surface area contributed by atoms with Crippen LogP contribution in [0.4, 0.5) is 15.9 Å². The normalized spacial score (nSPS) is 11.7. The lowest BCUT2D eigenvalue weighted by atomic mass is 10.2. The molecule has 0 aliphatic rings. The Bertz CT molecular complexity index is 1400. The second-order valence-electron chi connectivity index (χ2n) is 8.42. The second-order valence-corrected chi connectivity index (χ2v) is 8.83. The Morgan fingerprint density at radius 1 is 1.14 bits per heavy atom. The average Bonchev–Trinajstić information content (AvgIpc) is 2.88. The second kappa shape index (κ2) is 11.9. The molecule has 0 spiro atoms. The number of rotatable bonds is 10. The third-order valence-corrected chi connectivity index (χ3v) is 5.82. The highest BCUT2D eigenvalue weighted by Crippen LogP contribution is 2.34. The summed E-state index contributed by atoms with van der Waals surface area (Å²) >= 11 is 6.45. The van der Waals surface area contributed by atoms with Crippen molar-refractivity contribution in [1.82, 2.24) is 14.9 Å². The maximum absolute atomic E-state index is 13.4. The van der Waals surface area contributed by atoms with E-state index in [2.05, 4.69) is 15.3 Å². The number of aromatic nitrogens is 2. The number of benzene rings is 3. The van der Waals surface area contributed by atoms with Crippen molar-refractivity contribution < 1.29 is 23.8 Å². The van der Waals surface area contributed by atoms with Crippen molar-refractivity contribution in [2.24, 2.45) is 0 Å². The monoisotopic (exact) mass is 524 g/mol. The first-order valence-electron chi connectivity index (χ1n) is 11.5. The number of nitrogens with one attached hydrogen (secondary N) is 1. The van der Waals surface area contributed by atoms with Crippen LogP contribution in [0.15, 0.2) is 67.0 Å². The molecule has 0 unspecified atom stereocenters. The van der Waals surface area contributed by atoms with Crippen LogP contribution in [0.1, 0.15) is 12.5 Å². The number of aliphatic hydroxyl groups excluding tert-OH is 1. The smallest absolute Gasteiger partial charge is 0.248 e. The van der Waals surface area contributed by atoms with Crippen LogP contribution >= 0.6 is 11.6 Å². The number of nitrogens with zero attached hydrogens (tertiary/aromatic N) is 3. The summed E-state index contributed by atoms with van der Waals surface area (Å²) in [4.78, 5) is 21.9. The highest BCUT2D eigenvalue weighted by molar-refractivity contribution is 6.32. The van der Waals surface area contributed by atoms with Crippen LogP contribution in [0.2, 0.25) is 5.02 Å². The van der Waals surface area contributed by atoms with Crippen molar-refractivity contribution >= 4 is 39.9 Å². The van der Waals surface area contributed by atoms with Crippen molar-refractivity contribution in [3.8, 4) is 11.5 Å². The molecule has 37 heavy (non-hydrogen) atoms. The number of carbonyl (C=O) groups excluding carboxylic acids is 1. The molecule has 0 aliphatic heterocycles. The lowest BCUT2D eigenvalue weighted by molar-refractivity contribution is -0.133. The van der Waals surface area contributed by atoms with Gasteiger partial charge in [-0.3, -0.25) is 4.79 Å². The van der Waals surface area contributed by atoms with E-state index in [-0.39, 0.29) is 24.4 Å². The summed E-state index contributed by atoms with van der Waals surface area (Å²) in [6.45, 7) is 1.74. The van der Waals surface area contributed by atoms with Crippen LogP contribution < -0.4 is 14.8 Å². The molecule has 0 saturated heterocycles. The lowest BCUT2D eigenvalue weighted by Gasteiger charge is -2.23. The van der Waals surface area contributed by atoms with E-state index in [1.807, 2.05) is 19.1 Å². The van der Waals surface area contributed by atoms with E-state index in [4.69, 9.17) is 26.2 Å². The molecule has 1 atom stereocenters. The van der Waals surface area contributed by atoms with E-state index >= 15 is 0 Å². The van der Waals surface area contributed by atoms with Gasteiger partial charge in [-0.15, -0.1) is 0 Å². The largest absolute Gasteiger partial charge is 0.488 e. The molecule has 0 radical (unpaired) electrons. The van der Waals surface area contributed by atoms with Crippen molar-refractivity contribution in [1.29, 1.82) is 0 Å². The molecule has 4 aromatic rings. The Hall–Kier alpha value is -3.95. The Balaban J connectivity index is 1.52. The maximum atomic E-state index is 13.4. The van der Waals surface area contributed by atoms with Gasteiger partial charge in [0.05, 0.1) is 22.5 Å². The van der Waals surface area contributed by atoms with Gasteiger partial charge in [-0.25, -0.2) is 14.4 Å². The molecule has 1 heterocycles. The van der Waals surface area contributed by atoms with Gasteiger partial charge in [-0.2, -0.15) is 0 Å². The third-order valence-electron chi connectivity index (χ3n) is 5.52. The number of halogens is 2. The summed E-state index contributed by atoms with van der Waals surface area (Å²) in [5.74, 6) is 0.797. The minimum Gasteiger partial charge on any atom is -0.488 e. The number of anilines is 2. The van der Waals surface area contributed by atoms with Gasteiger partial charge in [0, 0.05) is 12.7 Å². The number of carbonyl (C=O) groups is 1. The maximum Gasteiger partial charge on any atom is 0.248 e. The number of ether oxygens (including phenoxy) is 2. The number of aliphatic hydroxyl groups is 1. The van der Waals surface area contributed by atoms with Gasteiger partial charge < -0.3 is 24.8 Å². The molecule has 4 rings (SSSR count). The molecule has 1 amide bonds. The summed E-state index contributed by atoms with van der Waals surface area (Å²) in [6, 6.07) is 16.9. The molecule has 0 saturated carbocycles.